The SMILES string of the molecule is O=C(O)C1C(=O)CC(Cc2ccccc2)N(Cc2ccccc2)C1=O. The van der Waals surface area contributed by atoms with E-state index in [2.05, 4.69) is 0 Å². The van der Waals surface area contributed by atoms with Gasteiger partial charge in [-0.05, 0) is 17.5 Å². The van der Waals surface area contributed by atoms with Crippen LogP contribution in [0.25, 0.3) is 0 Å². The van der Waals surface area contributed by atoms with Gasteiger partial charge in [-0.15, -0.1) is 0 Å². The molecule has 1 saturated heterocycles. The molecule has 5 nitrogen and oxygen atoms in total. The third-order valence-corrected chi connectivity index (χ3v) is 4.49. The summed E-state index contributed by atoms with van der Waals surface area (Å²) in [5, 5.41) is 9.27. The van der Waals surface area contributed by atoms with E-state index in [-0.39, 0.29) is 12.5 Å². The predicted octanol–water partition coefficient (Wildman–Crippen LogP) is 2.30. The molecule has 0 aromatic heterocycles. The van der Waals surface area contributed by atoms with Crippen molar-refractivity contribution in [3.63, 3.8) is 0 Å². The minimum absolute atomic E-state index is 0.0600. The maximum absolute atomic E-state index is 12.7. The third kappa shape index (κ3) is 3.76. The molecule has 2 aromatic rings. The molecule has 1 heterocycles. The average Bonchev–Trinajstić information content (AvgIpc) is 2.60. The van der Waals surface area contributed by atoms with Gasteiger partial charge in [0.05, 0.1) is 0 Å². The summed E-state index contributed by atoms with van der Waals surface area (Å²) in [4.78, 5) is 37.8. The van der Waals surface area contributed by atoms with E-state index in [1.54, 1.807) is 4.90 Å². The van der Waals surface area contributed by atoms with Crippen LogP contribution in [-0.4, -0.2) is 33.7 Å². The number of Topliss-reactive ketones (excluding diaryl/α,β-unsaturated/α-hetero) is 1. The zero-order valence-electron chi connectivity index (χ0n) is 13.7. The number of amides is 1. The van der Waals surface area contributed by atoms with Gasteiger partial charge in [-0.25, -0.2) is 0 Å². The summed E-state index contributed by atoms with van der Waals surface area (Å²) >= 11 is 0. The number of carboxylic acids is 1. The number of aliphatic carboxylic acids is 1. The summed E-state index contributed by atoms with van der Waals surface area (Å²) in [5.74, 6) is -4.08. The van der Waals surface area contributed by atoms with Crippen molar-refractivity contribution in [2.75, 3.05) is 0 Å². The maximum Gasteiger partial charge on any atom is 0.323 e. The minimum Gasteiger partial charge on any atom is -0.480 e. The highest BCUT2D eigenvalue weighted by Gasteiger charge is 2.44. The lowest BCUT2D eigenvalue weighted by Gasteiger charge is -2.37. The van der Waals surface area contributed by atoms with Crippen LogP contribution >= 0.6 is 0 Å². The lowest BCUT2D eigenvalue weighted by Crippen LogP contribution is -2.54. The first-order valence-electron chi connectivity index (χ1n) is 8.20. The fourth-order valence-electron chi connectivity index (χ4n) is 3.24. The second-order valence-corrected chi connectivity index (χ2v) is 6.24. The molecule has 2 aromatic carbocycles. The van der Waals surface area contributed by atoms with Gasteiger partial charge >= 0.3 is 5.97 Å². The van der Waals surface area contributed by atoms with E-state index in [4.69, 9.17) is 0 Å². The quantitative estimate of drug-likeness (QED) is 0.850. The first-order chi connectivity index (χ1) is 12.1. The Labute approximate surface area is 145 Å². The lowest BCUT2D eigenvalue weighted by molar-refractivity contribution is -0.160. The van der Waals surface area contributed by atoms with Crippen molar-refractivity contribution in [3.05, 3.63) is 71.8 Å². The number of benzene rings is 2. The molecule has 25 heavy (non-hydrogen) atoms. The molecule has 0 aliphatic carbocycles. The molecule has 128 valence electrons. The molecular weight excluding hydrogens is 318 g/mol. The Bertz CT molecular complexity index is 773. The maximum atomic E-state index is 12.7. The Balaban J connectivity index is 1.89. The summed E-state index contributed by atoms with van der Waals surface area (Å²) in [6.45, 7) is 0.300. The van der Waals surface area contributed by atoms with E-state index in [1.165, 1.54) is 0 Å². The standard InChI is InChI=1S/C20H19NO4/c22-17-12-16(11-14-7-3-1-4-8-14)21(19(23)18(17)20(24)25)13-15-9-5-2-6-10-15/h1-10,16,18H,11-13H2,(H,24,25). The molecule has 3 rings (SSSR count). The number of hydrogen-bond acceptors (Lipinski definition) is 3. The van der Waals surface area contributed by atoms with Gasteiger partial charge in [0, 0.05) is 19.0 Å². The molecule has 1 fully saturated rings. The van der Waals surface area contributed by atoms with Crippen molar-refractivity contribution in [3.8, 4) is 0 Å². The van der Waals surface area contributed by atoms with Crippen molar-refractivity contribution in [2.45, 2.75) is 25.4 Å². The summed E-state index contributed by atoms with van der Waals surface area (Å²) in [7, 11) is 0. The van der Waals surface area contributed by atoms with Crippen LogP contribution < -0.4 is 0 Å². The summed E-state index contributed by atoms with van der Waals surface area (Å²) in [6.07, 6.45) is 0.585. The van der Waals surface area contributed by atoms with E-state index < -0.39 is 23.6 Å². The molecule has 2 atom stereocenters. The number of carbonyl (C=O) groups is 3. The van der Waals surface area contributed by atoms with Crippen molar-refractivity contribution >= 4 is 17.7 Å². The number of ketones is 1. The van der Waals surface area contributed by atoms with E-state index >= 15 is 0 Å². The number of rotatable bonds is 5. The van der Waals surface area contributed by atoms with Crippen molar-refractivity contribution < 1.29 is 19.5 Å². The average molecular weight is 337 g/mol. The molecule has 1 aliphatic heterocycles. The fraction of sp³-hybridized carbons (Fsp3) is 0.250. The number of nitrogens with zero attached hydrogens (tertiary/aromatic N) is 1. The molecule has 5 heteroatoms. The van der Waals surface area contributed by atoms with Crippen LogP contribution in [0.4, 0.5) is 0 Å². The van der Waals surface area contributed by atoms with Crippen molar-refractivity contribution in [2.24, 2.45) is 5.92 Å². The molecule has 1 N–H and O–H groups in total. The predicted molar refractivity (Wildman–Crippen MR) is 91.7 cm³/mol. The highest BCUT2D eigenvalue weighted by molar-refractivity contribution is 6.17. The zero-order chi connectivity index (χ0) is 17.8. The van der Waals surface area contributed by atoms with Crippen LogP contribution in [0.3, 0.4) is 0 Å². The van der Waals surface area contributed by atoms with Crippen LogP contribution in [0.1, 0.15) is 17.5 Å². The first kappa shape index (κ1) is 16.9. The van der Waals surface area contributed by atoms with Gasteiger partial charge in [0.2, 0.25) is 5.91 Å². The van der Waals surface area contributed by atoms with E-state index in [9.17, 15) is 19.5 Å². The number of likely N-dealkylation sites (tertiary alicyclic amines) is 1. The highest BCUT2D eigenvalue weighted by atomic mass is 16.4. The lowest BCUT2D eigenvalue weighted by atomic mass is 9.87. The van der Waals surface area contributed by atoms with Gasteiger partial charge in [-0.3, -0.25) is 14.4 Å². The Morgan fingerprint density at radius 2 is 1.52 bits per heavy atom. The van der Waals surface area contributed by atoms with E-state index in [0.717, 1.165) is 11.1 Å². The number of hydrogen-bond donors (Lipinski definition) is 1. The van der Waals surface area contributed by atoms with E-state index in [1.807, 2.05) is 60.7 Å². The second-order valence-electron chi connectivity index (χ2n) is 6.24. The van der Waals surface area contributed by atoms with Gasteiger partial charge in [-0.1, -0.05) is 60.7 Å². The largest absolute Gasteiger partial charge is 0.480 e. The molecule has 0 radical (unpaired) electrons. The summed E-state index contributed by atoms with van der Waals surface area (Å²) in [5.41, 5.74) is 1.92. The Kier molecular flexibility index (Phi) is 4.93. The van der Waals surface area contributed by atoms with Crippen molar-refractivity contribution in [1.82, 2.24) is 4.90 Å². The fourth-order valence-corrected chi connectivity index (χ4v) is 3.24. The summed E-state index contributed by atoms with van der Waals surface area (Å²) in [6, 6.07) is 18.7. The van der Waals surface area contributed by atoms with Crippen LogP contribution in [0.5, 0.6) is 0 Å². The monoisotopic (exact) mass is 337 g/mol. The molecular formula is C20H19NO4. The third-order valence-electron chi connectivity index (χ3n) is 4.49. The number of piperidine rings is 1. The molecule has 0 bridgehead atoms. The molecule has 0 spiro atoms. The van der Waals surface area contributed by atoms with Crippen LogP contribution in [0, 0.1) is 5.92 Å². The zero-order valence-corrected chi connectivity index (χ0v) is 13.7. The molecule has 1 aliphatic rings. The van der Waals surface area contributed by atoms with Crippen molar-refractivity contribution in [1.29, 1.82) is 0 Å². The van der Waals surface area contributed by atoms with Gasteiger partial charge in [0.1, 0.15) is 0 Å². The van der Waals surface area contributed by atoms with Crippen LogP contribution in [0.15, 0.2) is 60.7 Å². The smallest absolute Gasteiger partial charge is 0.323 e. The molecule has 0 saturated carbocycles. The topological polar surface area (TPSA) is 74.7 Å². The molecule has 1 amide bonds. The normalized spacial score (nSPS) is 20.6. The van der Waals surface area contributed by atoms with Crippen LogP contribution in [-0.2, 0) is 27.3 Å². The van der Waals surface area contributed by atoms with Gasteiger partial charge in [0.25, 0.3) is 0 Å². The second kappa shape index (κ2) is 7.30. The van der Waals surface area contributed by atoms with Gasteiger partial charge < -0.3 is 10.0 Å². The highest BCUT2D eigenvalue weighted by Crippen LogP contribution is 2.25. The Hall–Kier alpha value is -2.95. The molecule has 2 unspecified atom stereocenters. The Morgan fingerprint density at radius 1 is 0.960 bits per heavy atom. The van der Waals surface area contributed by atoms with Crippen LogP contribution in [0.2, 0.25) is 0 Å². The number of carbonyl (C=O) groups excluding carboxylic acids is 2. The number of carboxylic acid groups (broad SMARTS) is 1. The van der Waals surface area contributed by atoms with E-state index in [0.29, 0.717) is 13.0 Å². The van der Waals surface area contributed by atoms with Gasteiger partial charge in [0.15, 0.2) is 11.7 Å². The van der Waals surface area contributed by atoms with Gasteiger partial charge in [-0.2, -0.15) is 0 Å². The first-order valence-corrected chi connectivity index (χ1v) is 8.20. The minimum atomic E-state index is -1.59. The summed E-state index contributed by atoms with van der Waals surface area (Å²) < 4.78 is 0. The Morgan fingerprint density at radius 3 is 2.08 bits per heavy atom.